The van der Waals surface area contributed by atoms with Crippen LogP contribution >= 0.6 is 0 Å². The van der Waals surface area contributed by atoms with E-state index in [9.17, 15) is 4.79 Å². The maximum absolute atomic E-state index is 12.6. The van der Waals surface area contributed by atoms with E-state index in [1.54, 1.807) is 18.1 Å². The lowest BCUT2D eigenvalue weighted by atomic mass is 10.1. The molecule has 0 spiro atoms. The van der Waals surface area contributed by atoms with Crippen LogP contribution in [-0.4, -0.2) is 34.5 Å². The van der Waals surface area contributed by atoms with Crippen molar-refractivity contribution in [2.75, 3.05) is 19.4 Å². The van der Waals surface area contributed by atoms with Gasteiger partial charge >= 0.3 is 0 Å². The predicted octanol–water partition coefficient (Wildman–Crippen LogP) is 2.04. The highest BCUT2D eigenvalue weighted by atomic mass is 16.2. The molecule has 0 saturated carbocycles. The molecule has 5 nitrogen and oxygen atoms in total. The van der Waals surface area contributed by atoms with Gasteiger partial charge in [0.15, 0.2) is 0 Å². The van der Waals surface area contributed by atoms with E-state index in [1.165, 1.54) is 0 Å². The van der Waals surface area contributed by atoms with Crippen LogP contribution < -0.4 is 5.32 Å². The van der Waals surface area contributed by atoms with Crippen LogP contribution in [0.4, 0.5) is 5.69 Å². The van der Waals surface area contributed by atoms with Crippen LogP contribution in [0.25, 0.3) is 0 Å². The minimum Gasteiger partial charge on any atom is -0.387 e. The highest BCUT2D eigenvalue weighted by Gasteiger charge is 2.17. The standard InChI is InChI=1S/C15H20N4O/c1-11-5-6-13(16-2)12(9-11)15(20)19(4)10-14-17-7-8-18(14)3/h5-9,16H,10H2,1-4H3. The number of benzene rings is 1. The van der Waals surface area contributed by atoms with E-state index in [4.69, 9.17) is 0 Å². The second-order valence-corrected chi connectivity index (χ2v) is 4.91. The average Bonchev–Trinajstić information content (AvgIpc) is 2.83. The van der Waals surface area contributed by atoms with Gasteiger partial charge < -0.3 is 14.8 Å². The van der Waals surface area contributed by atoms with Crippen LogP contribution in [0.15, 0.2) is 30.6 Å². The van der Waals surface area contributed by atoms with Crippen LogP contribution in [0, 0.1) is 6.92 Å². The zero-order valence-electron chi connectivity index (χ0n) is 12.3. The molecule has 0 saturated heterocycles. The van der Waals surface area contributed by atoms with Crippen LogP contribution in [0.3, 0.4) is 0 Å². The van der Waals surface area contributed by atoms with Gasteiger partial charge in [-0.05, 0) is 19.1 Å². The van der Waals surface area contributed by atoms with Crippen molar-refractivity contribution < 1.29 is 4.79 Å². The molecular weight excluding hydrogens is 252 g/mol. The third-order valence-corrected chi connectivity index (χ3v) is 3.32. The maximum Gasteiger partial charge on any atom is 0.256 e. The zero-order chi connectivity index (χ0) is 14.7. The van der Waals surface area contributed by atoms with E-state index in [0.29, 0.717) is 12.1 Å². The highest BCUT2D eigenvalue weighted by molar-refractivity contribution is 5.99. The minimum atomic E-state index is -0.0129. The number of rotatable bonds is 4. The first-order chi connectivity index (χ1) is 9.52. The Labute approximate surface area is 119 Å². The van der Waals surface area contributed by atoms with Gasteiger partial charge in [-0.1, -0.05) is 11.6 Å². The lowest BCUT2D eigenvalue weighted by Gasteiger charge is -2.19. The van der Waals surface area contributed by atoms with Gasteiger partial charge in [0.05, 0.1) is 12.1 Å². The molecule has 0 aliphatic carbocycles. The maximum atomic E-state index is 12.6. The van der Waals surface area contributed by atoms with Crippen molar-refractivity contribution in [1.29, 1.82) is 0 Å². The van der Waals surface area contributed by atoms with Crippen molar-refractivity contribution in [3.8, 4) is 0 Å². The first-order valence-electron chi connectivity index (χ1n) is 6.53. The summed E-state index contributed by atoms with van der Waals surface area (Å²) in [7, 11) is 5.53. The van der Waals surface area contributed by atoms with Gasteiger partial charge in [0.2, 0.25) is 0 Å². The largest absolute Gasteiger partial charge is 0.387 e. The molecule has 0 aliphatic rings. The SMILES string of the molecule is CNc1ccc(C)cc1C(=O)N(C)Cc1nccn1C. The molecule has 2 rings (SSSR count). The van der Waals surface area contributed by atoms with Crippen molar-refractivity contribution in [1.82, 2.24) is 14.5 Å². The second kappa shape index (κ2) is 5.77. The summed E-state index contributed by atoms with van der Waals surface area (Å²) in [6.45, 7) is 2.47. The third kappa shape index (κ3) is 2.82. The van der Waals surface area contributed by atoms with E-state index < -0.39 is 0 Å². The van der Waals surface area contributed by atoms with Crippen molar-refractivity contribution in [2.45, 2.75) is 13.5 Å². The molecule has 2 aromatic rings. The summed E-state index contributed by atoms with van der Waals surface area (Å²) >= 11 is 0. The summed E-state index contributed by atoms with van der Waals surface area (Å²) in [6, 6.07) is 5.82. The molecule has 0 aliphatic heterocycles. The lowest BCUT2D eigenvalue weighted by molar-refractivity contribution is 0.0781. The van der Waals surface area contributed by atoms with Gasteiger partial charge in [-0.3, -0.25) is 4.79 Å². The molecule has 5 heteroatoms. The van der Waals surface area contributed by atoms with Crippen molar-refractivity contribution in [3.05, 3.63) is 47.5 Å². The molecule has 1 aromatic carbocycles. The van der Waals surface area contributed by atoms with E-state index >= 15 is 0 Å². The Hall–Kier alpha value is -2.30. The number of nitrogens with one attached hydrogen (secondary N) is 1. The number of hydrogen-bond donors (Lipinski definition) is 1. The number of aryl methyl sites for hydroxylation is 2. The van der Waals surface area contributed by atoms with E-state index in [-0.39, 0.29) is 5.91 Å². The molecule has 1 heterocycles. The molecule has 1 N–H and O–H groups in total. The molecular formula is C15H20N4O. The van der Waals surface area contributed by atoms with Gasteiger partial charge in [-0.15, -0.1) is 0 Å². The Kier molecular flexibility index (Phi) is 4.08. The van der Waals surface area contributed by atoms with E-state index in [2.05, 4.69) is 10.3 Å². The van der Waals surface area contributed by atoms with Crippen LogP contribution in [0.5, 0.6) is 0 Å². The number of anilines is 1. The molecule has 106 valence electrons. The van der Waals surface area contributed by atoms with Gasteiger partial charge in [0.25, 0.3) is 5.91 Å². The fourth-order valence-electron chi connectivity index (χ4n) is 2.09. The summed E-state index contributed by atoms with van der Waals surface area (Å²) < 4.78 is 1.92. The summed E-state index contributed by atoms with van der Waals surface area (Å²) in [5, 5.41) is 3.06. The van der Waals surface area contributed by atoms with Gasteiger partial charge in [-0.25, -0.2) is 4.98 Å². The Morgan fingerprint density at radius 2 is 2.20 bits per heavy atom. The van der Waals surface area contributed by atoms with Gasteiger partial charge in [0.1, 0.15) is 5.82 Å². The fraction of sp³-hybridized carbons (Fsp3) is 0.333. The number of imidazole rings is 1. The number of nitrogens with zero attached hydrogens (tertiary/aromatic N) is 3. The highest BCUT2D eigenvalue weighted by Crippen LogP contribution is 2.19. The molecule has 0 atom stereocenters. The van der Waals surface area contributed by atoms with Gasteiger partial charge in [0, 0.05) is 39.2 Å². The summed E-state index contributed by atoms with van der Waals surface area (Å²) in [6.07, 6.45) is 3.61. The first kappa shape index (κ1) is 14.1. The van der Waals surface area contributed by atoms with E-state index in [1.807, 2.05) is 50.0 Å². The zero-order valence-corrected chi connectivity index (χ0v) is 12.3. The Morgan fingerprint density at radius 3 is 2.80 bits per heavy atom. The van der Waals surface area contributed by atoms with Crippen molar-refractivity contribution in [3.63, 3.8) is 0 Å². The van der Waals surface area contributed by atoms with E-state index in [0.717, 1.165) is 17.1 Å². The Morgan fingerprint density at radius 1 is 1.45 bits per heavy atom. The van der Waals surface area contributed by atoms with Crippen molar-refractivity contribution >= 4 is 11.6 Å². The van der Waals surface area contributed by atoms with Crippen LogP contribution in [0.1, 0.15) is 21.7 Å². The normalized spacial score (nSPS) is 10.4. The Balaban J connectivity index is 2.22. The topological polar surface area (TPSA) is 50.2 Å². The third-order valence-electron chi connectivity index (χ3n) is 3.32. The van der Waals surface area contributed by atoms with Gasteiger partial charge in [-0.2, -0.15) is 0 Å². The number of amides is 1. The number of carbonyl (C=O) groups is 1. The lowest BCUT2D eigenvalue weighted by Crippen LogP contribution is -2.28. The van der Waals surface area contributed by atoms with Crippen LogP contribution in [0.2, 0.25) is 0 Å². The van der Waals surface area contributed by atoms with Crippen molar-refractivity contribution in [2.24, 2.45) is 7.05 Å². The molecule has 0 radical (unpaired) electrons. The average molecular weight is 272 g/mol. The van der Waals surface area contributed by atoms with Crippen LogP contribution in [-0.2, 0) is 13.6 Å². The molecule has 0 unspecified atom stereocenters. The summed E-state index contributed by atoms with van der Waals surface area (Å²) in [5.41, 5.74) is 2.59. The first-order valence-corrected chi connectivity index (χ1v) is 6.53. The minimum absolute atomic E-state index is 0.0129. The molecule has 1 aromatic heterocycles. The molecule has 1 amide bonds. The smallest absolute Gasteiger partial charge is 0.256 e. The summed E-state index contributed by atoms with van der Waals surface area (Å²) in [4.78, 5) is 18.5. The number of hydrogen-bond acceptors (Lipinski definition) is 3. The number of carbonyl (C=O) groups excluding carboxylic acids is 1. The molecule has 0 bridgehead atoms. The predicted molar refractivity (Wildman–Crippen MR) is 79.7 cm³/mol. The Bertz CT molecular complexity index is 618. The fourth-order valence-corrected chi connectivity index (χ4v) is 2.09. The second-order valence-electron chi connectivity index (χ2n) is 4.91. The number of aromatic nitrogens is 2. The quantitative estimate of drug-likeness (QED) is 0.926. The molecule has 0 fully saturated rings. The summed E-state index contributed by atoms with van der Waals surface area (Å²) in [5.74, 6) is 0.848. The monoisotopic (exact) mass is 272 g/mol. The molecule has 20 heavy (non-hydrogen) atoms.